The largest absolute Gasteiger partial charge is 0.451 e. The molecule has 3 nitrogen and oxygen atoms in total. The molecule has 106 valence electrons. The third-order valence-corrected chi connectivity index (χ3v) is 3.93. The maximum atomic E-state index is 12.1. The maximum Gasteiger partial charge on any atom is 0.287 e. The first kappa shape index (κ1) is 13.9. The van der Waals surface area contributed by atoms with Gasteiger partial charge in [-0.1, -0.05) is 58.4 Å². The van der Waals surface area contributed by atoms with Crippen molar-refractivity contribution in [2.75, 3.05) is 0 Å². The van der Waals surface area contributed by atoms with E-state index in [1.807, 2.05) is 48.5 Å². The number of carbonyl (C=O) groups is 1. The summed E-state index contributed by atoms with van der Waals surface area (Å²) in [7, 11) is 0. The van der Waals surface area contributed by atoms with E-state index in [-0.39, 0.29) is 5.91 Å². The molecular weight excluding hydrogens is 330 g/mol. The van der Waals surface area contributed by atoms with Crippen molar-refractivity contribution in [3.05, 3.63) is 71.5 Å². The van der Waals surface area contributed by atoms with Crippen molar-refractivity contribution in [3.63, 3.8) is 0 Å². The molecule has 3 rings (SSSR count). The first-order chi connectivity index (χ1) is 10.3. The van der Waals surface area contributed by atoms with Gasteiger partial charge in [-0.25, -0.2) is 0 Å². The van der Waals surface area contributed by atoms with Crippen LogP contribution in [0, 0.1) is 0 Å². The average molecular weight is 344 g/mol. The van der Waals surface area contributed by atoms with Crippen LogP contribution in [0.25, 0.3) is 11.0 Å². The third kappa shape index (κ3) is 3.16. The zero-order valence-corrected chi connectivity index (χ0v) is 12.9. The predicted octanol–water partition coefficient (Wildman–Crippen LogP) is 4.26. The second-order valence-electron chi connectivity index (χ2n) is 4.78. The van der Waals surface area contributed by atoms with Crippen LogP contribution in [-0.2, 0) is 11.9 Å². The lowest BCUT2D eigenvalue weighted by Gasteiger charge is -2.04. The van der Waals surface area contributed by atoms with Gasteiger partial charge in [0.25, 0.3) is 5.91 Å². The molecule has 0 radical (unpaired) electrons. The lowest BCUT2D eigenvalue weighted by Crippen LogP contribution is -2.22. The van der Waals surface area contributed by atoms with Crippen LogP contribution in [-0.4, -0.2) is 5.91 Å². The van der Waals surface area contributed by atoms with Gasteiger partial charge < -0.3 is 9.73 Å². The molecule has 1 aromatic heterocycles. The van der Waals surface area contributed by atoms with Gasteiger partial charge in [0.1, 0.15) is 5.58 Å². The summed E-state index contributed by atoms with van der Waals surface area (Å²) in [6, 6.07) is 17.4. The van der Waals surface area contributed by atoms with Gasteiger partial charge in [-0.05, 0) is 23.3 Å². The molecule has 1 N–H and O–H groups in total. The Kier molecular flexibility index (Phi) is 4.06. The normalized spacial score (nSPS) is 10.7. The highest BCUT2D eigenvalue weighted by atomic mass is 79.9. The van der Waals surface area contributed by atoms with Gasteiger partial charge in [0, 0.05) is 17.3 Å². The van der Waals surface area contributed by atoms with E-state index < -0.39 is 0 Å². The van der Waals surface area contributed by atoms with Gasteiger partial charge in [0.2, 0.25) is 0 Å². The molecule has 0 aliphatic heterocycles. The Morgan fingerprint density at radius 1 is 1.05 bits per heavy atom. The monoisotopic (exact) mass is 343 g/mol. The van der Waals surface area contributed by atoms with Crippen LogP contribution in [0.4, 0.5) is 0 Å². The van der Waals surface area contributed by atoms with Gasteiger partial charge in [-0.2, -0.15) is 0 Å². The van der Waals surface area contributed by atoms with Gasteiger partial charge in [-0.15, -0.1) is 0 Å². The molecule has 1 heterocycles. The quantitative estimate of drug-likeness (QED) is 0.719. The van der Waals surface area contributed by atoms with Crippen LogP contribution < -0.4 is 5.32 Å². The first-order valence-electron chi connectivity index (χ1n) is 6.67. The Bertz CT molecular complexity index is 729. The van der Waals surface area contributed by atoms with Crippen LogP contribution in [0.1, 0.15) is 21.7 Å². The Labute approximate surface area is 131 Å². The summed E-state index contributed by atoms with van der Waals surface area (Å²) in [4.78, 5) is 12.1. The summed E-state index contributed by atoms with van der Waals surface area (Å²) in [5.74, 6) is 0.143. The Balaban J connectivity index is 1.68. The highest BCUT2D eigenvalue weighted by Crippen LogP contribution is 2.18. The molecular formula is C17H14BrNO2. The Morgan fingerprint density at radius 3 is 2.48 bits per heavy atom. The second-order valence-corrected chi connectivity index (χ2v) is 5.34. The van der Waals surface area contributed by atoms with E-state index in [0.29, 0.717) is 12.3 Å². The summed E-state index contributed by atoms with van der Waals surface area (Å²) in [5, 5.41) is 4.64. The van der Waals surface area contributed by atoms with Crippen molar-refractivity contribution in [1.82, 2.24) is 5.32 Å². The van der Waals surface area contributed by atoms with Crippen molar-refractivity contribution >= 4 is 32.8 Å². The lowest BCUT2D eigenvalue weighted by molar-refractivity contribution is 0.0925. The summed E-state index contributed by atoms with van der Waals surface area (Å²) in [5.41, 5.74) is 3.00. The van der Waals surface area contributed by atoms with Crippen molar-refractivity contribution in [3.8, 4) is 0 Å². The second kappa shape index (κ2) is 6.14. The number of fused-ring (bicyclic) bond motifs is 1. The van der Waals surface area contributed by atoms with Crippen molar-refractivity contribution in [2.24, 2.45) is 0 Å². The fourth-order valence-electron chi connectivity index (χ4n) is 2.11. The minimum absolute atomic E-state index is 0.198. The summed E-state index contributed by atoms with van der Waals surface area (Å²) in [6.07, 6.45) is 0. The number of furan rings is 1. The molecule has 3 aromatic rings. The van der Waals surface area contributed by atoms with Gasteiger partial charge >= 0.3 is 0 Å². The number of para-hydroxylation sites is 1. The van der Waals surface area contributed by atoms with E-state index in [4.69, 9.17) is 4.42 Å². The first-order valence-corrected chi connectivity index (χ1v) is 7.79. The maximum absolute atomic E-state index is 12.1. The summed E-state index contributed by atoms with van der Waals surface area (Å²) < 4.78 is 5.54. The Morgan fingerprint density at radius 2 is 1.76 bits per heavy atom. The number of rotatable bonds is 4. The van der Waals surface area contributed by atoms with Crippen LogP contribution in [0.2, 0.25) is 0 Å². The van der Waals surface area contributed by atoms with E-state index in [2.05, 4.69) is 21.2 Å². The number of halogens is 1. The van der Waals surface area contributed by atoms with Gasteiger partial charge in [-0.3, -0.25) is 4.79 Å². The molecule has 0 saturated heterocycles. The minimum atomic E-state index is -0.198. The van der Waals surface area contributed by atoms with Gasteiger partial charge in [0.05, 0.1) is 0 Å². The van der Waals surface area contributed by atoms with Crippen molar-refractivity contribution in [2.45, 2.75) is 11.9 Å². The van der Waals surface area contributed by atoms with E-state index in [0.717, 1.165) is 21.9 Å². The molecule has 1 amide bonds. The molecule has 4 heteroatoms. The Hall–Kier alpha value is -2.07. The van der Waals surface area contributed by atoms with Crippen LogP contribution >= 0.6 is 15.9 Å². The minimum Gasteiger partial charge on any atom is -0.451 e. The smallest absolute Gasteiger partial charge is 0.287 e. The molecule has 0 aliphatic rings. The predicted molar refractivity (Wildman–Crippen MR) is 86.5 cm³/mol. The van der Waals surface area contributed by atoms with E-state index in [1.54, 1.807) is 6.07 Å². The molecule has 0 fully saturated rings. The number of hydrogen-bond acceptors (Lipinski definition) is 2. The number of benzene rings is 2. The zero-order valence-electron chi connectivity index (χ0n) is 11.3. The molecule has 21 heavy (non-hydrogen) atoms. The molecule has 0 atom stereocenters. The molecule has 0 spiro atoms. The standard InChI is InChI=1S/C17H14BrNO2/c18-10-12-5-7-13(8-6-12)11-19-17(20)16-9-14-3-1-2-4-15(14)21-16/h1-9H,10-11H2,(H,19,20). The summed E-state index contributed by atoms with van der Waals surface area (Å²) >= 11 is 3.41. The zero-order chi connectivity index (χ0) is 14.7. The highest BCUT2D eigenvalue weighted by molar-refractivity contribution is 9.08. The van der Waals surface area contributed by atoms with Crippen molar-refractivity contribution in [1.29, 1.82) is 0 Å². The van der Waals surface area contributed by atoms with Crippen LogP contribution in [0.5, 0.6) is 0 Å². The van der Waals surface area contributed by atoms with E-state index >= 15 is 0 Å². The fourth-order valence-corrected chi connectivity index (χ4v) is 2.48. The number of amides is 1. The van der Waals surface area contributed by atoms with E-state index in [9.17, 15) is 4.79 Å². The van der Waals surface area contributed by atoms with Crippen molar-refractivity contribution < 1.29 is 9.21 Å². The molecule has 0 bridgehead atoms. The van der Waals surface area contributed by atoms with Crippen LogP contribution in [0.15, 0.2) is 59.0 Å². The van der Waals surface area contributed by atoms with Gasteiger partial charge in [0.15, 0.2) is 5.76 Å². The third-order valence-electron chi connectivity index (χ3n) is 3.28. The topological polar surface area (TPSA) is 42.2 Å². The number of nitrogens with one attached hydrogen (secondary N) is 1. The number of hydrogen-bond donors (Lipinski definition) is 1. The molecule has 2 aromatic carbocycles. The molecule has 0 saturated carbocycles. The molecule has 0 unspecified atom stereocenters. The van der Waals surface area contributed by atoms with Crippen LogP contribution in [0.3, 0.4) is 0 Å². The highest BCUT2D eigenvalue weighted by Gasteiger charge is 2.11. The molecule has 0 aliphatic carbocycles. The fraction of sp³-hybridized carbons (Fsp3) is 0.118. The lowest BCUT2D eigenvalue weighted by atomic mass is 10.1. The average Bonchev–Trinajstić information content (AvgIpc) is 2.97. The van der Waals surface area contributed by atoms with E-state index in [1.165, 1.54) is 5.56 Å². The summed E-state index contributed by atoms with van der Waals surface area (Å²) in [6.45, 7) is 0.485. The number of carbonyl (C=O) groups excluding carboxylic acids is 1. The SMILES string of the molecule is O=C(NCc1ccc(CBr)cc1)c1cc2ccccc2o1. The number of alkyl halides is 1.